The number of aryl methyl sites for hydroxylation is 2. The molecule has 1 aromatic carbocycles. The van der Waals surface area contributed by atoms with E-state index in [0.717, 1.165) is 51.1 Å². The Bertz CT molecular complexity index is 988. The van der Waals surface area contributed by atoms with E-state index in [1.54, 1.807) is 27.8 Å². The predicted molar refractivity (Wildman–Crippen MR) is 147 cm³/mol. The lowest BCUT2D eigenvalue weighted by molar-refractivity contribution is -0.0179. The molecule has 192 valence electrons. The van der Waals surface area contributed by atoms with Gasteiger partial charge in [-0.2, -0.15) is 5.10 Å². The van der Waals surface area contributed by atoms with Gasteiger partial charge in [0.1, 0.15) is 0 Å². The zero-order valence-electron chi connectivity index (χ0n) is 22.8. The third-order valence-corrected chi connectivity index (χ3v) is 8.17. The Morgan fingerprint density at radius 1 is 1.11 bits per heavy atom. The van der Waals surface area contributed by atoms with Crippen LogP contribution in [0.2, 0.25) is 0 Å². The Morgan fingerprint density at radius 2 is 1.83 bits per heavy atom. The summed E-state index contributed by atoms with van der Waals surface area (Å²) in [5, 5.41) is 7.61. The van der Waals surface area contributed by atoms with Crippen molar-refractivity contribution >= 4 is 11.9 Å². The van der Waals surface area contributed by atoms with E-state index in [1.807, 2.05) is 13.2 Å². The summed E-state index contributed by atoms with van der Waals surface area (Å²) < 4.78 is 8.14. The van der Waals surface area contributed by atoms with Crippen molar-refractivity contribution in [2.24, 2.45) is 10.4 Å². The molecule has 0 bridgehead atoms. The van der Waals surface area contributed by atoms with Crippen LogP contribution in [-0.2, 0) is 49.8 Å². The number of fused-ring (bicyclic) bond motifs is 3. The maximum atomic E-state index is 6.06. The van der Waals surface area contributed by atoms with Gasteiger partial charge in [0.05, 0.1) is 36.8 Å². The predicted octanol–water partition coefficient (Wildman–Crippen LogP) is 5.99. The van der Waals surface area contributed by atoms with E-state index in [2.05, 4.69) is 60.1 Å². The third kappa shape index (κ3) is 6.17. The van der Waals surface area contributed by atoms with Gasteiger partial charge in [-0.15, -0.1) is 0 Å². The van der Waals surface area contributed by atoms with Crippen LogP contribution in [0.15, 0.2) is 17.3 Å². The lowest BCUT2D eigenvalue weighted by atomic mass is 9.91. The first-order valence-electron chi connectivity index (χ1n) is 13.9. The average Bonchev–Trinajstić information content (AvgIpc) is 3.62. The summed E-state index contributed by atoms with van der Waals surface area (Å²) in [7, 11) is 1.95. The molecule has 2 aromatic rings. The first kappa shape index (κ1) is 25.9. The number of hydrogen-bond donors (Lipinski definition) is 1. The van der Waals surface area contributed by atoms with Gasteiger partial charge in [-0.1, -0.05) is 26.8 Å². The highest BCUT2D eigenvalue weighted by Gasteiger charge is 2.25. The number of aromatic nitrogens is 2. The van der Waals surface area contributed by atoms with Crippen molar-refractivity contribution in [1.29, 1.82) is 0 Å². The van der Waals surface area contributed by atoms with Crippen molar-refractivity contribution in [3.8, 4) is 0 Å². The molecule has 1 N–H and O–H groups in total. The van der Waals surface area contributed by atoms with Gasteiger partial charge in [0.25, 0.3) is 0 Å². The molecule has 1 unspecified atom stereocenters. The Kier molecular flexibility index (Phi) is 8.69. The van der Waals surface area contributed by atoms with E-state index in [4.69, 9.17) is 4.74 Å². The van der Waals surface area contributed by atoms with Crippen LogP contribution < -0.4 is 5.32 Å². The number of ether oxygens (including phenoxy) is 1. The minimum absolute atomic E-state index is 0.278. The van der Waals surface area contributed by atoms with Gasteiger partial charge in [-0.25, -0.2) is 0 Å². The summed E-state index contributed by atoms with van der Waals surface area (Å²) >= 11 is 0. The number of nitrogens with one attached hydrogen (secondary N) is 1. The standard InChI is InChI=1S/C16H21N.C14H25N3O/c1-2-17-10-9-16-14-7-3-5-12(14)11-13-6-4-8-15(13)16;1-5-14(2,3)10-18-11-6-7-13-12(15-4)8-16-17(13)9-11/h10-11H,2-9H2,1H3;8,11,15H,5-7,9-10H2,1-4H3. The van der Waals surface area contributed by atoms with Gasteiger partial charge in [0.15, 0.2) is 0 Å². The second kappa shape index (κ2) is 11.7. The van der Waals surface area contributed by atoms with Crippen LogP contribution in [0.1, 0.15) is 86.9 Å². The number of aliphatic imine (C=N–C) groups is 1. The van der Waals surface area contributed by atoms with Crippen molar-refractivity contribution in [2.45, 2.75) is 105 Å². The maximum absolute atomic E-state index is 6.06. The lowest BCUT2D eigenvalue weighted by Crippen LogP contribution is -2.31. The second-order valence-electron chi connectivity index (χ2n) is 11.1. The minimum Gasteiger partial charge on any atom is -0.385 e. The Morgan fingerprint density at radius 3 is 2.46 bits per heavy atom. The van der Waals surface area contributed by atoms with Crippen LogP contribution in [0, 0.1) is 5.41 Å². The molecule has 3 aliphatic rings. The zero-order chi connectivity index (χ0) is 24.8. The number of nitrogens with zero attached hydrogens (tertiary/aromatic N) is 3. The molecule has 1 aromatic heterocycles. The highest BCUT2D eigenvalue weighted by molar-refractivity contribution is 5.65. The molecule has 2 aliphatic carbocycles. The summed E-state index contributed by atoms with van der Waals surface area (Å²) in [6, 6.07) is 2.51. The first-order chi connectivity index (χ1) is 17.0. The molecular weight excluding hydrogens is 432 g/mol. The molecule has 2 heterocycles. The number of hydrogen-bond acceptors (Lipinski definition) is 4. The molecule has 0 radical (unpaired) electrons. The van der Waals surface area contributed by atoms with Gasteiger partial charge < -0.3 is 10.1 Å². The van der Waals surface area contributed by atoms with Crippen molar-refractivity contribution in [3.05, 3.63) is 45.8 Å². The molecule has 5 heteroatoms. The fourth-order valence-corrected chi connectivity index (χ4v) is 5.67. The Hall–Kier alpha value is -2.14. The summed E-state index contributed by atoms with van der Waals surface area (Å²) in [5.41, 5.74) is 11.0. The topological polar surface area (TPSA) is 51.4 Å². The normalized spacial score (nSPS) is 18.7. The second-order valence-corrected chi connectivity index (χ2v) is 11.1. The molecule has 1 aliphatic heterocycles. The summed E-state index contributed by atoms with van der Waals surface area (Å²) in [4.78, 5) is 4.39. The van der Waals surface area contributed by atoms with Crippen LogP contribution in [-0.4, -0.2) is 42.3 Å². The van der Waals surface area contributed by atoms with Crippen LogP contribution in [0.5, 0.6) is 0 Å². The molecule has 0 saturated heterocycles. The zero-order valence-corrected chi connectivity index (χ0v) is 22.8. The van der Waals surface area contributed by atoms with E-state index < -0.39 is 0 Å². The summed E-state index contributed by atoms with van der Waals surface area (Å²) in [5.74, 6) is 0. The van der Waals surface area contributed by atoms with Crippen LogP contribution in [0.4, 0.5) is 5.69 Å². The molecule has 0 fully saturated rings. The number of rotatable bonds is 8. The molecule has 0 amide bonds. The van der Waals surface area contributed by atoms with Crippen molar-refractivity contribution in [1.82, 2.24) is 9.78 Å². The van der Waals surface area contributed by atoms with Crippen molar-refractivity contribution in [3.63, 3.8) is 0 Å². The molecule has 0 saturated carbocycles. The SMILES string of the molecule is CCC(C)(C)COC1CCc2c(NC)cnn2C1.CCN=CCc1c2c(cc3c1CCC3)CCC2. The fraction of sp³-hybridized carbons (Fsp3) is 0.667. The first-order valence-corrected chi connectivity index (χ1v) is 13.9. The Labute approximate surface area is 212 Å². The largest absolute Gasteiger partial charge is 0.385 e. The van der Waals surface area contributed by atoms with Crippen LogP contribution >= 0.6 is 0 Å². The van der Waals surface area contributed by atoms with Crippen molar-refractivity contribution < 1.29 is 4.74 Å². The molecule has 5 rings (SSSR count). The van der Waals surface area contributed by atoms with E-state index >= 15 is 0 Å². The van der Waals surface area contributed by atoms with E-state index in [0.29, 0.717) is 6.10 Å². The lowest BCUT2D eigenvalue weighted by Gasteiger charge is -2.29. The molecular formula is C30H46N4O. The Balaban J connectivity index is 0.000000165. The van der Waals surface area contributed by atoms with E-state index in [-0.39, 0.29) is 5.41 Å². The maximum Gasteiger partial charge on any atom is 0.0775 e. The van der Waals surface area contributed by atoms with Crippen molar-refractivity contribution in [2.75, 3.05) is 25.5 Å². The number of benzene rings is 1. The monoisotopic (exact) mass is 478 g/mol. The van der Waals surface area contributed by atoms with Gasteiger partial charge in [-0.05, 0) is 97.9 Å². The van der Waals surface area contributed by atoms with E-state index in [9.17, 15) is 0 Å². The third-order valence-electron chi connectivity index (χ3n) is 8.17. The molecule has 35 heavy (non-hydrogen) atoms. The molecule has 0 spiro atoms. The van der Waals surface area contributed by atoms with E-state index in [1.165, 1.54) is 44.2 Å². The quantitative estimate of drug-likeness (QED) is 0.474. The molecule has 5 nitrogen and oxygen atoms in total. The van der Waals surface area contributed by atoms with Gasteiger partial charge in [0, 0.05) is 26.2 Å². The highest BCUT2D eigenvalue weighted by Crippen LogP contribution is 2.35. The fourth-order valence-electron chi connectivity index (χ4n) is 5.67. The van der Waals surface area contributed by atoms with Crippen LogP contribution in [0.3, 0.4) is 0 Å². The summed E-state index contributed by atoms with van der Waals surface area (Å²) in [6.07, 6.45) is 16.7. The minimum atomic E-state index is 0.278. The smallest absolute Gasteiger partial charge is 0.0775 e. The average molecular weight is 479 g/mol. The highest BCUT2D eigenvalue weighted by atomic mass is 16.5. The summed E-state index contributed by atoms with van der Waals surface area (Å²) in [6.45, 7) is 11.5. The van der Waals surface area contributed by atoms with Crippen LogP contribution in [0.25, 0.3) is 0 Å². The van der Waals surface area contributed by atoms with Gasteiger partial charge in [-0.3, -0.25) is 9.67 Å². The number of anilines is 1. The molecule has 1 atom stereocenters. The van der Waals surface area contributed by atoms with Gasteiger partial charge >= 0.3 is 0 Å². The van der Waals surface area contributed by atoms with Gasteiger partial charge in [0.2, 0.25) is 0 Å².